The molecule has 0 radical (unpaired) electrons. The first-order valence-electron chi connectivity index (χ1n) is 5.88. The summed E-state index contributed by atoms with van der Waals surface area (Å²) in [6, 6.07) is 0.0240. The molecular weight excluding hydrogens is 240 g/mol. The van der Waals surface area contributed by atoms with Gasteiger partial charge in [0.1, 0.15) is 5.25 Å². The number of rotatable bonds is 9. The highest BCUT2D eigenvalue weighted by atomic mass is 32.2. The number of hydrogen-bond acceptors (Lipinski definition) is 4. The van der Waals surface area contributed by atoms with Gasteiger partial charge in [-0.25, -0.2) is 0 Å². The van der Waals surface area contributed by atoms with Crippen LogP contribution in [0.3, 0.4) is 0 Å². The lowest BCUT2D eigenvalue weighted by molar-refractivity contribution is -0.120. The number of carbonyl (C=O) groups excluding carboxylic acids is 1. The van der Waals surface area contributed by atoms with Crippen molar-refractivity contribution < 1.29 is 13.7 Å². The lowest BCUT2D eigenvalue weighted by Crippen LogP contribution is -2.37. The highest BCUT2D eigenvalue weighted by Gasteiger charge is 2.19. The predicted octanol–water partition coefficient (Wildman–Crippen LogP) is 0.0136. The number of nitrogens with two attached hydrogens (primary N) is 1. The van der Waals surface area contributed by atoms with Gasteiger partial charge in [-0.2, -0.15) is 0 Å². The smallest absolute Gasteiger partial charge is 0.235 e. The first kappa shape index (κ1) is 16.5. The Labute approximate surface area is 106 Å². The second-order valence-electron chi connectivity index (χ2n) is 4.13. The van der Waals surface area contributed by atoms with Crippen LogP contribution in [0.5, 0.6) is 0 Å². The molecule has 0 aromatic carbocycles. The molecule has 0 aliphatic rings. The van der Waals surface area contributed by atoms with Gasteiger partial charge in [-0.05, 0) is 26.7 Å². The van der Waals surface area contributed by atoms with Gasteiger partial charge < -0.3 is 15.8 Å². The summed E-state index contributed by atoms with van der Waals surface area (Å²) in [5.74, 6) is 0.314. The molecule has 0 aromatic heterocycles. The topological polar surface area (TPSA) is 81.4 Å². The van der Waals surface area contributed by atoms with Crippen LogP contribution in [0.1, 0.15) is 26.7 Å². The molecule has 3 N–H and O–H groups in total. The number of carbonyl (C=O) groups is 1. The van der Waals surface area contributed by atoms with Gasteiger partial charge in [0.2, 0.25) is 5.91 Å². The second kappa shape index (κ2) is 9.56. The lowest BCUT2D eigenvalue weighted by atomic mass is 10.3. The summed E-state index contributed by atoms with van der Waals surface area (Å²) >= 11 is 0. The van der Waals surface area contributed by atoms with Crippen molar-refractivity contribution in [2.75, 3.05) is 26.0 Å². The van der Waals surface area contributed by atoms with Crippen molar-refractivity contribution in [3.8, 4) is 0 Å². The van der Waals surface area contributed by atoms with Gasteiger partial charge in [-0.3, -0.25) is 9.00 Å². The van der Waals surface area contributed by atoms with Crippen molar-refractivity contribution in [1.29, 1.82) is 0 Å². The van der Waals surface area contributed by atoms with E-state index in [1.54, 1.807) is 14.0 Å². The van der Waals surface area contributed by atoms with Crippen LogP contribution >= 0.6 is 0 Å². The zero-order valence-electron chi connectivity index (χ0n) is 10.9. The molecule has 6 heteroatoms. The molecule has 0 aliphatic heterocycles. The fourth-order valence-corrected chi connectivity index (χ4v) is 2.45. The summed E-state index contributed by atoms with van der Waals surface area (Å²) in [5.41, 5.74) is 5.58. The van der Waals surface area contributed by atoms with Crippen molar-refractivity contribution in [2.24, 2.45) is 5.73 Å². The Balaban J connectivity index is 3.82. The molecule has 0 aromatic rings. The summed E-state index contributed by atoms with van der Waals surface area (Å²) in [5, 5.41) is 2.27. The molecule has 0 aliphatic carbocycles. The number of amides is 1. The maximum Gasteiger partial charge on any atom is 0.235 e. The van der Waals surface area contributed by atoms with E-state index in [0.29, 0.717) is 25.3 Å². The average Bonchev–Trinajstić information content (AvgIpc) is 2.30. The van der Waals surface area contributed by atoms with Crippen LogP contribution in [-0.4, -0.2) is 47.4 Å². The van der Waals surface area contributed by atoms with Crippen molar-refractivity contribution in [1.82, 2.24) is 5.32 Å². The first-order valence-corrected chi connectivity index (χ1v) is 7.26. The molecule has 1 amide bonds. The van der Waals surface area contributed by atoms with E-state index in [0.717, 1.165) is 6.42 Å². The molecule has 0 spiro atoms. The molecule has 3 atom stereocenters. The van der Waals surface area contributed by atoms with Crippen molar-refractivity contribution >= 4 is 16.7 Å². The van der Waals surface area contributed by atoms with Gasteiger partial charge >= 0.3 is 0 Å². The fraction of sp³-hybridized carbons (Fsp3) is 0.909. The van der Waals surface area contributed by atoms with Crippen LogP contribution < -0.4 is 11.1 Å². The molecule has 102 valence electrons. The van der Waals surface area contributed by atoms with Crippen LogP contribution in [-0.2, 0) is 20.3 Å². The van der Waals surface area contributed by atoms with Gasteiger partial charge in [0.15, 0.2) is 0 Å². The SMILES string of the molecule is COCCCNC(=O)C(C)S(=O)CCC(C)N. The molecule has 0 fully saturated rings. The number of ether oxygens (including phenoxy) is 1. The quantitative estimate of drug-likeness (QED) is 0.575. The molecule has 0 rings (SSSR count). The van der Waals surface area contributed by atoms with E-state index in [1.165, 1.54) is 0 Å². The minimum absolute atomic E-state index is 0.0240. The van der Waals surface area contributed by atoms with Gasteiger partial charge in [0.25, 0.3) is 0 Å². The largest absolute Gasteiger partial charge is 0.385 e. The number of methoxy groups -OCH3 is 1. The Hall–Kier alpha value is -0.460. The summed E-state index contributed by atoms with van der Waals surface area (Å²) in [6.07, 6.45) is 1.44. The maximum absolute atomic E-state index is 11.7. The van der Waals surface area contributed by atoms with E-state index >= 15 is 0 Å². The van der Waals surface area contributed by atoms with Crippen molar-refractivity contribution in [3.05, 3.63) is 0 Å². The molecule has 17 heavy (non-hydrogen) atoms. The van der Waals surface area contributed by atoms with Gasteiger partial charge in [0, 0.05) is 42.9 Å². The zero-order valence-corrected chi connectivity index (χ0v) is 11.7. The van der Waals surface area contributed by atoms with E-state index in [2.05, 4.69) is 5.32 Å². The first-order chi connectivity index (χ1) is 7.99. The molecular formula is C11H24N2O3S. The van der Waals surface area contributed by atoms with E-state index in [4.69, 9.17) is 10.5 Å². The maximum atomic E-state index is 11.7. The summed E-state index contributed by atoms with van der Waals surface area (Å²) in [6.45, 7) is 4.72. The molecule has 0 saturated heterocycles. The molecule has 0 saturated carbocycles. The minimum Gasteiger partial charge on any atom is -0.385 e. The fourth-order valence-electron chi connectivity index (χ4n) is 1.17. The van der Waals surface area contributed by atoms with Gasteiger partial charge in [-0.15, -0.1) is 0 Å². The third kappa shape index (κ3) is 8.29. The Kier molecular flexibility index (Phi) is 9.30. The zero-order chi connectivity index (χ0) is 13.3. The standard InChI is InChI=1S/C11H24N2O3S/c1-9(12)5-8-17(15)10(2)11(14)13-6-4-7-16-3/h9-10H,4-8,12H2,1-3H3,(H,13,14). The normalized spacial score (nSPS) is 16.2. The lowest BCUT2D eigenvalue weighted by Gasteiger charge is -2.12. The molecule has 0 heterocycles. The molecule has 5 nitrogen and oxygen atoms in total. The average molecular weight is 264 g/mol. The summed E-state index contributed by atoms with van der Waals surface area (Å²) in [4.78, 5) is 11.6. The Morgan fingerprint density at radius 2 is 2.12 bits per heavy atom. The molecule has 3 unspecified atom stereocenters. The van der Waals surface area contributed by atoms with Gasteiger partial charge in [-0.1, -0.05) is 0 Å². The predicted molar refractivity (Wildman–Crippen MR) is 70.2 cm³/mol. The third-order valence-electron chi connectivity index (χ3n) is 2.36. The minimum atomic E-state index is -1.15. The van der Waals surface area contributed by atoms with E-state index in [-0.39, 0.29) is 11.9 Å². The Morgan fingerprint density at radius 1 is 1.47 bits per heavy atom. The van der Waals surface area contributed by atoms with E-state index < -0.39 is 16.0 Å². The number of nitrogens with one attached hydrogen (secondary N) is 1. The van der Waals surface area contributed by atoms with Crippen LogP contribution in [0.25, 0.3) is 0 Å². The Bertz CT molecular complexity index is 247. The molecule has 0 bridgehead atoms. The van der Waals surface area contributed by atoms with Crippen LogP contribution in [0.2, 0.25) is 0 Å². The summed E-state index contributed by atoms with van der Waals surface area (Å²) < 4.78 is 16.6. The third-order valence-corrected chi connectivity index (χ3v) is 4.00. The Morgan fingerprint density at radius 3 is 2.65 bits per heavy atom. The van der Waals surface area contributed by atoms with E-state index in [9.17, 15) is 9.00 Å². The van der Waals surface area contributed by atoms with Crippen LogP contribution in [0.15, 0.2) is 0 Å². The number of hydrogen-bond donors (Lipinski definition) is 2. The summed E-state index contributed by atoms with van der Waals surface area (Å²) in [7, 11) is 0.473. The van der Waals surface area contributed by atoms with Crippen molar-refractivity contribution in [2.45, 2.75) is 38.0 Å². The van der Waals surface area contributed by atoms with Crippen LogP contribution in [0.4, 0.5) is 0 Å². The second-order valence-corrected chi connectivity index (χ2v) is 6.01. The highest BCUT2D eigenvalue weighted by Crippen LogP contribution is 2.00. The van der Waals surface area contributed by atoms with E-state index in [1.807, 2.05) is 6.92 Å². The van der Waals surface area contributed by atoms with Gasteiger partial charge in [0.05, 0.1) is 0 Å². The highest BCUT2D eigenvalue weighted by molar-refractivity contribution is 7.86. The van der Waals surface area contributed by atoms with Crippen molar-refractivity contribution in [3.63, 3.8) is 0 Å². The van der Waals surface area contributed by atoms with Crippen LogP contribution in [0, 0.1) is 0 Å². The monoisotopic (exact) mass is 264 g/mol.